The fraction of sp³-hybridized carbons (Fsp3) is 0.529. The first-order valence-corrected chi connectivity index (χ1v) is 8.39. The van der Waals surface area contributed by atoms with Crippen LogP contribution in [0, 0.1) is 5.41 Å². The van der Waals surface area contributed by atoms with E-state index >= 15 is 0 Å². The van der Waals surface area contributed by atoms with E-state index in [1.807, 2.05) is 17.6 Å². The highest BCUT2D eigenvalue weighted by Gasteiger charge is 2.34. The number of esters is 1. The second-order valence-corrected chi connectivity index (χ2v) is 6.82. The Balaban J connectivity index is 1.99. The predicted molar refractivity (Wildman–Crippen MR) is 93.7 cm³/mol. The molecule has 2 heterocycles. The molecule has 0 saturated carbocycles. The van der Waals surface area contributed by atoms with Crippen molar-refractivity contribution in [2.24, 2.45) is 5.41 Å². The number of nitrogens with zero attached hydrogens (tertiary/aromatic N) is 2. The van der Waals surface area contributed by atoms with Gasteiger partial charge in [0.2, 0.25) is 0 Å². The van der Waals surface area contributed by atoms with E-state index in [0.717, 1.165) is 0 Å². The molecule has 0 spiro atoms. The molecule has 0 amide bonds. The Morgan fingerprint density at radius 2 is 2.08 bits per heavy atom. The zero-order valence-electron chi connectivity index (χ0n) is 15.1. The number of ether oxygens (including phenoxy) is 2. The van der Waals surface area contributed by atoms with Crippen LogP contribution in [0.3, 0.4) is 0 Å². The molecule has 25 heavy (non-hydrogen) atoms. The average molecular weight is 346 g/mol. The minimum Gasteiger partial charge on any atom is -0.465 e. The molecule has 0 aliphatic carbocycles. The van der Waals surface area contributed by atoms with E-state index in [0.29, 0.717) is 48.9 Å². The van der Waals surface area contributed by atoms with Gasteiger partial charge in [-0.05, 0) is 19.1 Å². The van der Waals surface area contributed by atoms with Crippen molar-refractivity contribution in [3.8, 4) is 6.01 Å². The molecule has 1 aliphatic rings. The van der Waals surface area contributed by atoms with Crippen LogP contribution in [0.2, 0.25) is 0 Å². The van der Waals surface area contributed by atoms with Crippen molar-refractivity contribution in [3.05, 3.63) is 23.8 Å². The highest BCUT2D eigenvalue weighted by atomic mass is 16.6. The van der Waals surface area contributed by atoms with Crippen LogP contribution in [0.1, 0.15) is 31.1 Å². The highest BCUT2D eigenvalue weighted by molar-refractivity contribution is 6.43. The van der Waals surface area contributed by atoms with Crippen LogP contribution in [-0.4, -0.2) is 49.6 Å². The zero-order chi connectivity index (χ0) is 18.0. The Morgan fingerprint density at radius 3 is 2.72 bits per heavy atom. The SMILES string of the molecule is CCOc1nc2cccc(C(=O)OC)c2n1CB1OCC(C)(C)CO1. The van der Waals surface area contributed by atoms with Gasteiger partial charge < -0.3 is 18.8 Å². The van der Waals surface area contributed by atoms with Gasteiger partial charge in [0.05, 0.1) is 36.8 Å². The van der Waals surface area contributed by atoms with Crippen molar-refractivity contribution in [2.75, 3.05) is 26.9 Å². The van der Waals surface area contributed by atoms with Crippen LogP contribution in [0.15, 0.2) is 18.2 Å². The lowest BCUT2D eigenvalue weighted by atomic mass is 9.83. The van der Waals surface area contributed by atoms with Gasteiger partial charge in [-0.25, -0.2) is 4.79 Å². The summed E-state index contributed by atoms with van der Waals surface area (Å²) in [5.74, 6) is -0.415. The Bertz CT molecular complexity index is 764. The first kappa shape index (κ1) is 17.8. The van der Waals surface area contributed by atoms with E-state index in [-0.39, 0.29) is 5.41 Å². The van der Waals surface area contributed by atoms with E-state index in [1.165, 1.54) is 7.11 Å². The van der Waals surface area contributed by atoms with Gasteiger partial charge in [0, 0.05) is 18.6 Å². The number of hydrogen-bond acceptors (Lipinski definition) is 6. The summed E-state index contributed by atoms with van der Waals surface area (Å²) in [7, 11) is 0.941. The summed E-state index contributed by atoms with van der Waals surface area (Å²) in [5, 5.41) is 0. The predicted octanol–water partition coefficient (Wildman–Crippen LogP) is 2.32. The van der Waals surface area contributed by atoms with E-state index in [1.54, 1.807) is 12.1 Å². The minimum atomic E-state index is -0.421. The third kappa shape index (κ3) is 3.64. The molecular weight excluding hydrogens is 323 g/mol. The number of imidazole rings is 1. The van der Waals surface area contributed by atoms with Crippen molar-refractivity contribution < 1.29 is 23.6 Å². The Morgan fingerprint density at radius 1 is 1.36 bits per heavy atom. The number of benzene rings is 1. The number of carbonyl (C=O) groups excluding carboxylic acids is 1. The van der Waals surface area contributed by atoms with E-state index < -0.39 is 13.1 Å². The van der Waals surface area contributed by atoms with Gasteiger partial charge in [0.1, 0.15) is 0 Å². The number of carbonyl (C=O) groups is 1. The largest absolute Gasteiger partial charge is 0.478 e. The third-order valence-electron chi connectivity index (χ3n) is 4.06. The van der Waals surface area contributed by atoms with Crippen LogP contribution >= 0.6 is 0 Å². The minimum absolute atomic E-state index is 0.00652. The molecule has 0 bridgehead atoms. The molecule has 8 heteroatoms. The van der Waals surface area contributed by atoms with Gasteiger partial charge in [0.15, 0.2) is 0 Å². The summed E-state index contributed by atoms with van der Waals surface area (Å²) in [6.45, 7) is 7.77. The topological polar surface area (TPSA) is 71.8 Å². The molecular formula is C17H23BN2O5. The zero-order valence-corrected chi connectivity index (χ0v) is 15.1. The molecule has 3 rings (SSSR count). The number of rotatable bonds is 5. The summed E-state index contributed by atoms with van der Waals surface area (Å²) in [5.41, 5.74) is 1.76. The molecule has 1 aromatic carbocycles. The summed E-state index contributed by atoms with van der Waals surface area (Å²) < 4.78 is 24.1. The fourth-order valence-electron chi connectivity index (χ4n) is 2.83. The average Bonchev–Trinajstić information content (AvgIpc) is 2.94. The van der Waals surface area contributed by atoms with Crippen molar-refractivity contribution >= 4 is 24.1 Å². The van der Waals surface area contributed by atoms with Gasteiger partial charge in [-0.3, -0.25) is 4.57 Å². The quantitative estimate of drug-likeness (QED) is 0.611. The lowest BCUT2D eigenvalue weighted by Gasteiger charge is -2.33. The molecule has 7 nitrogen and oxygen atoms in total. The van der Waals surface area contributed by atoms with Gasteiger partial charge in [-0.2, -0.15) is 4.98 Å². The molecule has 134 valence electrons. The van der Waals surface area contributed by atoms with Crippen molar-refractivity contribution in [3.63, 3.8) is 0 Å². The van der Waals surface area contributed by atoms with Crippen molar-refractivity contribution in [1.82, 2.24) is 9.55 Å². The summed E-state index contributed by atoms with van der Waals surface area (Å²) in [4.78, 5) is 16.7. The van der Waals surface area contributed by atoms with Crippen molar-refractivity contribution in [1.29, 1.82) is 0 Å². The Kier molecular flexibility index (Phi) is 5.01. The maximum absolute atomic E-state index is 12.2. The summed E-state index contributed by atoms with van der Waals surface area (Å²) in [6.07, 6.45) is 0.385. The standard InChI is InChI=1S/C17H23BN2O5/c1-5-23-16-19-13-8-6-7-12(15(21)22-4)14(13)20(16)11-18-24-9-17(2,3)10-25-18/h6-8H,5,9-11H2,1-4H3. The van der Waals surface area contributed by atoms with Crippen LogP contribution in [0.25, 0.3) is 11.0 Å². The molecule has 0 N–H and O–H groups in total. The highest BCUT2D eigenvalue weighted by Crippen LogP contribution is 2.28. The normalized spacial score (nSPS) is 16.9. The molecule has 1 fully saturated rings. The molecule has 0 atom stereocenters. The fourth-order valence-corrected chi connectivity index (χ4v) is 2.83. The summed E-state index contributed by atoms with van der Waals surface area (Å²) in [6, 6.07) is 5.77. The lowest BCUT2D eigenvalue weighted by molar-refractivity contribution is 0.0254. The second kappa shape index (κ2) is 7.05. The summed E-state index contributed by atoms with van der Waals surface area (Å²) >= 11 is 0. The molecule has 1 aromatic heterocycles. The molecule has 0 unspecified atom stereocenters. The Hall–Kier alpha value is -2.06. The number of para-hydroxylation sites is 1. The van der Waals surface area contributed by atoms with E-state index in [4.69, 9.17) is 18.8 Å². The van der Waals surface area contributed by atoms with E-state index in [9.17, 15) is 4.79 Å². The maximum atomic E-state index is 12.2. The maximum Gasteiger partial charge on any atom is 0.478 e. The molecule has 1 saturated heterocycles. The van der Waals surface area contributed by atoms with Crippen LogP contribution in [-0.2, 0) is 20.5 Å². The van der Waals surface area contributed by atoms with Crippen LogP contribution in [0.5, 0.6) is 6.01 Å². The molecule has 1 aliphatic heterocycles. The second-order valence-electron chi connectivity index (χ2n) is 6.82. The lowest BCUT2D eigenvalue weighted by Crippen LogP contribution is -2.43. The third-order valence-corrected chi connectivity index (χ3v) is 4.06. The van der Waals surface area contributed by atoms with Gasteiger partial charge >= 0.3 is 13.1 Å². The van der Waals surface area contributed by atoms with Crippen LogP contribution < -0.4 is 4.74 Å². The van der Waals surface area contributed by atoms with Crippen LogP contribution in [0.4, 0.5) is 0 Å². The number of hydrogen-bond donors (Lipinski definition) is 0. The van der Waals surface area contributed by atoms with Gasteiger partial charge in [0.25, 0.3) is 6.01 Å². The van der Waals surface area contributed by atoms with Crippen molar-refractivity contribution in [2.45, 2.75) is 27.2 Å². The number of methoxy groups -OCH3 is 1. The van der Waals surface area contributed by atoms with Gasteiger partial charge in [-0.15, -0.1) is 0 Å². The number of fused-ring (bicyclic) bond motifs is 1. The first-order chi connectivity index (χ1) is 11.9. The number of aromatic nitrogens is 2. The van der Waals surface area contributed by atoms with E-state index in [2.05, 4.69) is 18.8 Å². The molecule has 0 radical (unpaired) electrons. The smallest absolute Gasteiger partial charge is 0.465 e. The first-order valence-electron chi connectivity index (χ1n) is 8.39. The monoisotopic (exact) mass is 346 g/mol. The molecule has 2 aromatic rings. The van der Waals surface area contributed by atoms with Gasteiger partial charge in [-0.1, -0.05) is 19.9 Å². The Labute approximate surface area is 147 Å².